The van der Waals surface area contributed by atoms with Gasteiger partial charge in [-0.05, 0) is 35.7 Å². The molecule has 3 rings (SSSR count). The first-order valence-corrected chi connectivity index (χ1v) is 7.27. The number of aliphatic carboxylic acids is 1. The molecule has 3 aromatic rings. The summed E-state index contributed by atoms with van der Waals surface area (Å²) in [6, 6.07) is 10.3. The number of benzene rings is 2. The van der Waals surface area contributed by atoms with Gasteiger partial charge in [0.05, 0.1) is 17.7 Å². The zero-order chi connectivity index (χ0) is 17.5. The standard InChI is InChI=1S/C18H14F3NO2/c1-10-4-2-7-13-14(9-15(23)24)17(22-16(10)13)11-5-3-6-12(8-11)18(19,20)21/h2-8,22H,9H2,1H3,(H,23,24). The van der Waals surface area contributed by atoms with Crippen LogP contribution in [0.2, 0.25) is 0 Å². The number of carbonyl (C=O) groups is 1. The highest BCUT2D eigenvalue weighted by molar-refractivity contribution is 5.95. The van der Waals surface area contributed by atoms with Gasteiger partial charge in [0.25, 0.3) is 0 Å². The molecule has 0 aliphatic rings. The maximum atomic E-state index is 13.0. The van der Waals surface area contributed by atoms with Gasteiger partial charge < -0.3 is 10.1 Å². The number of aromatic nitrogens is 1. The van der Waals surface area contributed by atoms with Crippen molar-refractivity contribution in [3.63, 3.8) is 0 Å². The molecule has 0 amide bonds. The molecule has 2 N–H and O–H groups in total. The molecule has 1 heterocycles. The highest BCUT2D eigenvalue weighted by Crippen LogP contribution is 2.36. The number of aryl methyl sites for hydroxylation is 1. The Morgan fingerprint density at radius 2 is 1.88 bits per heavy atom. The maximum absolute atomic E-state index is 13.0. The van der Waals surface area contributed by atoms with E-state index >= 15 is 0 Å². The number of hydrogen-bond acceptors (Lipinski definition) is 1. The van der Waals surface area contributed by atoms with Crippen molar-refractivity contribution in [1.29, 1.82) is 0 Å². The maximum Gasteiger partial charge on any atom is 0.416 e. The second-order valence-corrected chi connectivity index (χ2v) is 5.63. The molecule has 1 aromatic heterocycles. The molecule has 0 atom stereocenters. The fraction of sp³-hybridized carbons (Fsp3) is 0.167. The van der Waals surface area contributed by atoms with Gasteiger partial charge in [0, 0.05) is 10.9 Å². The number of fused-ring (bicyclic) bond motifs is 1. The fourth-order valence-corrected chi connectivity index (χ4v) is 2.85. The third kappa shape index (κ3) is 2.87. The molecule has 0 radical (unpaired) electrons. The highest BCUT2D eigenvalue weighted by Gasteiger charge is 2.31. The Kier molecular flexibility index (Phi) is 3.83. The zero-order valence-corrected chi connectivity index (χ0v) is 12.7. The molecular weight excluding hydrogens is 319 g/mol. The second kappa shape index (κ2) is 5.70. The summed E-state index contributed by atoms with van der Waals surface area (Å²) < 4.78 is 38.9. The molecular formula is C18H14F3NO2. The van der Waals surface area contributed by atoms with Crippen LogP contribution in [0.1, 0.15) is 16.7 Å². The Bertz CT molecular complexity index is 926. The number of hydrogen-bond donors (Lipinski definition) is 2. The SMILES string of the molecule is Cc1cccc2c(CC(=O)O)c(-c3cccc(C(F)(F)F)c3)[nH]c12. The van der Waals surface area contributed by atoms with E-state index in [1.165, 1.54) is 6.07 Å². The monoisotopic (exact) mass is 333 g/mol. The van der Waals surface area contributed by atoms with Crippen molar-refractivity contribution >= 4 is 16.9 Å². The van der Waals surface area contributed by atoms with Crippen LogP contribution in [0.5, 0.6) is 0 Å². The number of carboxylic acid groups (broad SMARTS) is 1. The van der Waals surface area contributed by atoms with E-state index in [1.807, 2.05) is 13.0 Å². The molecule has 124 valence electrons. The molecule has 0 aliphatic carbocycles. The Hall–Kier alpha value is -2.76. The van der Waals surface area contributed by atoms with Crippen molar-refractivity contribution in [1.82, 2.24) is 4.98 Å². The van der Waals surface area contributed by atoms with Crippen LogP contribution < -0.4 is 0 Å². The Morgan fingerprint density at radius 1 is 1.17 bits per heavy atom. The zero-order valence-electron chi connectivity index (χ0n) is 12.7. The number of alkyl halides is 3. The average Bonchev–Trinajstić information content (AvgIpc) is 2.86. The van der Waals surface area contributed by atoms with Crippen LogP contribution in [0.15, 0.2) is 42.5 Å². The molecule has 6 heteroatoms. The fourth-order valence-electron chi connectivity index (χ4n) is 2.85. The van der Waals surface area contributed by atoms with Crippen molar-refractivity contribution in [2.45, 2.75) is 19.5 Å². The van der Waals surface area contributed by atoms with Gasteiger partial charge in [-0.25, -0.2) is 0 Å². The van der Waals surface area contributed by atoms with Crippen LogP contribution in [-0.2, 0) is 17.4 Å². The van der Waals surface area contributed by atoms with Crippen LogP contribution in [0.3, 0.4) is 0 Å². The van der Waals surface area contributed by atoms with E-state index in [0.717, 1.165) is 23.2 Å². The van der Waals surface area contributed by atoms with E-state index in [4.69, 9.17) is 0 Å². The molecule has 0 saturated carbocycles. The summed E-state index contributed by atoms with van der Waals surface area (Å²) in [4.78, 5) is 14.3. The number of H-pyrrole nitrogens is 1. The quantitative estimate of drug-likeness (QED) is 0.724. The summed E-state index contributed by atoms with van der Waals surface area (Å²) in [5.41, 5.74) is 2.08. The summed E-state index contributed by atoms with van der Waals surface area (Å²) in [7, 11) is 0. The Morgan fingerprint density at radius 3 is 2.54 bits per heavy atom. The number of carboxylic acids is 1. The van der Waals surface area contributed by atoms with E-state index in [9.17, 15) is 23.1 Å². The lowest BCUT2D eigenvalue weighted by atomic mass is 10.0. The molecule has 0 spiro atoms. The van der Waals surface area contributed by atoms with Gasteiger partial charge in [-0.3, -0.25) is 4.79 Å². The molecule has 2 aromatic carbocycles. The summed E-state index contributed by atoms with van der Waals surface area (Å²) >= 11 is 0. The van der Waals surface area contributed by atoms with Crippen molar-refractivity contribution in [2.24, 2.45) is 0 Å². The van der Waals surface area contributed by atoms with Crippen LogP contribution in [0, 0.1) is 6.92 Å². The van der Waals surface area contributed by atoms with Gasteiger partial charge in [0.2, 0.25) is 0 Å². The lowest BCUT2D eigenvalue weighted by molar-refractivity contribution is -0.138. The van der Waals surface area contributed by atoms with Crippen LogP contribution in [0.25, 0.3) is 22.2 Å². The van der Waals surface area contributed by atoms with Crippen LogP contribution in [0.4, 0.5) is 13.2 Å². The first-order valence-electron chi connectivity index (χ1n) is 7.27. The van der Waals surface area contributed by atoms with Crippen molar-refractivity contribution < 1.29 is 23.1 Å². The van der Waals surface area contributed by atoms with Crippen molar-refractivity contribution in [2.75, 3.05) is 0 Å². The average molecular weight is 333 g/mol. The van der Waals surface area contributed by atoms with E-state index in [0.29, 0.717) is 22.2 Å². The van der Waals surface area contributed by atoms with Gasteiger partial charge in [0.15, 0.2) is 0 Å². The molecule has 24 heavy (non-hydrogen) atoms. The predicted molar refractivity (Wildman–Crippen MR) is 84.8 cm³/mol. The molecule has 0 aliphatic heterocycles. The van der Waals surface area contributed by atoms with Crippen LogP contribution in [-0.4, -0.2) is 16.1 Å². The van der Waals surface area contributed by atoms with Gasteiger partial charge in [-0.1, -0.05) is 30.3 Å². The molecule has 0 bridgehead atoms. The Labute approximate surface area is 135 Å². The largest absolute Gasteiger partial charge is 0.481 e. The normalized spacial score (nSPS) is 11.8. The van der Waals surface area contributed by atoms with Crippen molar-refractivity contribution in [3.8, 4) is 11.3 Å². The third-order valence-electron chi connectivity index (χ3n) is 3.96. The number of halogens is 3. The van der Waals surface area contributed by atoms with Gasteiger partial charge >= 0.3 is 12.1 Å². The van der Waals surface area contributed by atoms with E-state index < -0.39 is 17.7 Å². The lowest BCUT2D eigenvalue weighted by Crippen LogP contribution is -2.05. The molecule has 0 fully saturated rings. The van der Waals surface area contributed by atoms with Crippen LogP contribution >= 0.6 is 0 Å². The first-order chi connectivity index (χ1) is 11.3. The number of rotatable bonds is 3. The molecule has 0 unspecified atom stereocenters. The highest BCUT2D eigenvalue weighted by atomic mass is 19.4. The van der Waals surface area contributed by atoms with Gasteiger partial charge in [-0.2, -0.15) is 13.2 Å². The third-order valence-corrected chi connectivity index (χ3v) is 3.96. The number of para-hydroxylation sites is 1. The van der Waals surface area contributed by atoms with E-state index in [2.05, 4.69) is 4.98 Å². The minimum absolute atomic E-state index is 0.269. The van der Waals surface area contributed by atoms with Gasteiger partial charge in [-0.15, -0.1) is 0 Å². The summed E-state index contributed by atoms with van der Waals surface area (Å²) in [5, 5.41) is 9.89. The predicted octanol–water partition coefficient (Wildman–Crippen LogP) is 4.79. The molecule has 0 saturated heterocycles. The minimum Gasteiger partial charge on any atom is -0.481 e. The van der Waals surface area contributed by atoms with E-state index in [-0.39, 0.29) is 6.42 Å². The first kappa shape index (κ1) is 16.1. The number of aromatic amines is 1. The van der Waals surface area contributed by atoms with Gasteiger partial charge in [0.1, 0.15) is 0 Å². The van der Waals surface area contributed by atoms with E-state index in [1.54, 1.807) is 18.2 Å². The summed E-state index contributed by atoms with van der Waals surface area (Å²) in [6.45, 7) is 1.86. The topological polar surface area (TPSA) is 53.1 Å². The molecule has 3 nitrogen and oxygen atoms in total. The smallest absolute Gasteiger partial charge is 0.416 e. The minimum atomic E-state index is -4.45. The second-order valence-electron chi connectivity index (χ2n) is 5.63. The Balaban J connectivity index is 2.26. The summed E-state index contributed by atoms with van der Waals surface area (Å²) in [5.74, 6) is -1.04. The summed E-state index contributed by atoms with van der Waals surface area (Å²) in [6.07, 6.45) is -4.72. The number of nitrogens with one attached hydrogen (secondary N) is 1. The lowest BCUT2D eigenvalue weighted by Gasteiger charge is -2.09. The van der Waals surface area contributed by atoms with Crippen molar-refractivity contribution in [3.05, 3.63) is 59.2 Å².